The molecular formula is C12H18BrNO2S. The van der Waals surface area contributed by atoms with Crippen molar-refractivity contribution >= 4 is 26.7 Å². The first-order valence-electron chi connectivity index (χ1n) is 5.28. The summed E-state index contributed by atoms with van der Waals surface area (Å²) in [7, 11) is 0.646. The van der Waals surface area contributed by atoms with Crippen molar-refractivity contribution in [1.82, 2.24) is 0 Å². The van der Waals surface area contributed by atoms with Crippen molar-refractivity contribution in [2.45, 2.75) is 25.1 Å². The largest absolute Gasteiger partial charge is 0.497 e. The van der Waals surface area contributed by atoms with Gasteiger partial charge in [-0.05, 0) is 37.6 Å². The smallest absolute Gasteiger partial charge is 0.119 e. The van der Waals surface area contributed by atoms with Crippen molar-refractivity contribution in [2.24, 2.45) is 5.73 Å². The molecule has 5 heteroatoms. The first-order valence-corrected chi connectivity index (χ1v) is 7.56. The fourth-order valence-electron chi connectivity index (χ4n) is 1.43. The van der Waals surface area contributed by atoms with Gasteiger partial charge in [0.25, 0.3) is 0 Å². The van der Waals surface area contributed by atoms with Crippen LogP contribution in [0.15, 0.2) is 22.7 Å². The molecule has 0 radical (unpaired) electrons. The number of hydrogen-bond acceptors (Lipinski definition) is 3. The van der Waals surface area contributed by atoms with Gasteiger partial charge < -0.3 is 10.5 Å². The van der Waals surface area contributed by atoms with Crippen molar-refractivity contribution in [3.63, 3.8) is 0 Å². The van der Waals surface area contributed by atoms with E-state index in [1.807, 2.05) is 32.0 Å². The van der Waals surface area contributed by atoms with E-state index in [9.17, 15) is 4.21 Å². The average molecular weight is 320 g/mol. The van der Waals surface area contributed by atoms with Crippen LogP contribution in [0.3, 0.4) is 0 Å². The van der Waals surface area contributed by atoms with Crippen molar-refractivity contribution in [1.29, 1.82) is 0 Å². The lowest BCUT2D eigenvalue weighted by molar-refractivity contribution is 0.414. The molecule has 0 saturated heterocycles. The third-order valence-electron chi connectivity index (χ3n) is 2.10. The van der Waals surface area contributed by atoms with Crippen molar-refractivity contribution in [3.05, 3.63) is 28.2 Å². The first-order chi connectivity index (χ1) is 7.81. The van der Waals surface area contributed by atoms with Gasteiger partial charge in [-0.2, -0.15) is 0 Å². The van der Waals surface area contributed by atoms with Crippen LogP contribution < -0.4 is 10.5 Å². The van der Waals surface area contributed by atoms with Crippen LogP contribution >= 0.6 is 15.9 Å². The maximum absolute atomic E-state index is 11.9. The molecule has 1 unspecified atom stereocenters. The Morgan fingerprint density at radius 3 is 2.65 bits per heavy atom. The van der Waals surface area contributed by atoms with Gasteiger partial charge in [0.1, 0.15) is 5.75 Å². The van der Waals surface area contributed by atoms with E-state index in [0.717, 1.165) is 15.8 Å². The Hall–Kier alpha value is -0.390. The molecule has 0 spiro atoms. The van der Waals surface area contributed by atoms with Gasteiger partial charge in [0.2, 0.25) is 0 Å². The Labute approximate surface area is 113 Å². The van der Waals surface area contributed by atoms with Crippen molar-refractivity contribution in [2.75, 3.05) is 12.9 Å². The molecule has 1 aromatic rings. The summed E-state index contributed by atoms with van der Waals surface area (Å²) < 4.78 is 18.0. The number of ether oxygens (including phenoxy) is 1. The standard InChI is InChI=1S/C12H18BrNO2S/c1-12(2,14)8-17(15)7-9-6-10(16-3)4-5-11(9)13/h4-6H,7-8,14H2,1-3H3. The summed E-state index contributed by atoms with van der Waals surface area (Å²) in [4.78, 5) is 0. The second-order valence-electron chi connectivity index (χ2n) is 4.67. The van der Waals surface area contributed by atoms with Crippen LogP contribution in [-0.4, -0.2) is 22.6 Å². The third kappa shape index (κ3) is 5.19. The Morgan fingerprint density at radius 1 is 1.47 bits per heavy atom. The molecule has 2 N–H and O–H groups in total. The predicted molar refractivity (Wildman–Crippen MR) is 75.7 cm³/mol. The summed E-state index contributed by atoms with van der Waals surface area (Å²) in [6.45, 7) is 3.76. The van der Waals surface area contributed by atoms with Crippen LogP contribution in [0.1, 0.15) is 19.4 Å². The SMILES string of the molecule is COc1ccc(Br)c(CS(=O)CC(C)(C)N)c1. The summed E-state index contributed by atoms with van der Waals surface area (Å²) in [5.74, 6) is 1.74. The Bertz CT molecular complexity index is 415. The van der Waals surface area contributed by atoms with Gasteiger partial charge in [0.05, 0.1) is 7.11 Å². The molecule has 0 fully saturated rings. The zero-order chi connectivity index (χ0) is 13.1. The number of methoxy groups -OCH3 is 1. The van der Waals surface area contributed by atoms with E-state index in [2.05, 4.69) is 15.9 Å². The van der Waals surface area contributed by atoms with E-state index in [1.165, 1.54) is 0 Å². The lowest BCUT2D eigenvalue weighted by Crippen LogP contribution is -2.38. The molecule has 0 saturated carbocycles. The molecule has 0 aromatic heterocycles. The van der Waals surface area contributed by atoms with Gasteiger partial charge in [-0.15, -0.1) is 0 Å². The van der Waals surface area contributed by atoms with Gasteiger partial charge in [0.15, 0.2) is 0 Å². The minimum Gasteiger partial charge on any atom is -0.497 e. The number of nitrogens with two attached hydrogens (primary N) is 1. The number of rotatable bonds is 5. The quantitative estimate of drug-likeness (QED) is 0.907. The Kier molecular flexibility index (Phi) is 5.16. The monoisotopic (exact) mass is 319 g/mol. The van der Waals surface area contributed by atoms with Crippen LogP contribution in [0.5, 0.6) is 5.75 Å². The van der Waals surface area contributed by atoms with Crippen LogP contribution in [0.2, 0.25) is 0 Å². The second kappa shape index (κ2) is 5.98. The van der Waals surface area contributed by atoms with E-state index in [-0.39, 0.29) is 0 Å². The van der Waals surface area contributed by atoms with E-state index in [1.54, 1.807) is 7.11 Å². The topological polar surface area (TPSA) is 52.3 Å². The highest BCUT2D eigenvalue weighted by Crippen LogP contribution is 2.24. The van der Waals surface area contributed by atoms with E-state index in [4.69, 9.17) is 10.5 Å². The summed E-state index contributed by atoms with van der Waals surface area (Å²) in [5, 5.41) is 0. The zero-order valence-corrected chi connectivity index (χ0v) is 12.7. The number of hydrogen-bond donors (Lipinski definition) is 1. The van der Waals surface area contributed by atoms with Crippen LogP contribution in [-0.2, 0) is 16.6 Å². The van der Waals surface area contributed by atoms with Gasteiger partial charge in [0, 0.05) is 32.3 Å². The van der Waals surface area contributed by atoms with Crippen LogP contribution in [0, 0.1) is 0 Å². The highest BCUT2D eigenvalue weighted by Gasteiger charge is 2.16. The van der Waals surface area contributed by atoms with E-state index < -0.39 is 16.3 Å². The minimum atomic E-state index is -0.972. The Balaban J connectivity index is 2.77. The molecule has 0 bridgehead atoms. The normalized spacial score (nSPS) is 13.5. The van der Waals surface area contributed by atoms with Crippen molar-refractivity contribution in [3.8, 4) is 5.75 Å². The second-order valence-corrected chi connectivity index (χ2v) is 6.99. The molecule has 0 amide bonds. The molecule has 0 heterocycles. The summed E-state index contributed by atoms with van der Waals surface area (Å²) in [5.41, 5.74) is 6.43. The van der Waals surface area contributed by atoms with E-state index >= 15 is 0 Å². The maximum atomic E-state index is 11.9. The van der Waals surface area contributed by atoms with Crippen LogP contribution in [0.25, 0.3) is 0 Å². The molecular weight excluding hydrogens is 302 g/mol. The predicted octanol–water partition coefficient (Wildman–Crippen LogP) is 2.44. The van der Waals surface area contributed by atoms with Crippen molar-refractivity contribution < 1.29 is 8.95 Å². The molecule has 17 heavy (non-hydrogen) atoms. The minimum absolute atomic E-state index is 0.407. The summed E-state index contributed by atoms with van der Waals surface area (Å²) in [6, 6.07) is 5.66. The zero-order valence-electron chi connectivity index (χ0n) is 10.3. The molecule has 0 aliphatic heterocycles. The molecule has 1 atom stereocenters. The summed E-state index contributed by atoms with van der Waals surface area (Å²) >= 11 is 3.45. The third-order valence-corrected chi connectivity index (χ3v) is 4.57. The van der Waals surface area contributed by atoms with Gasteiger partial charge in [-0.3, -0.25) is 4.21 Å². The maximum Gasteiger partial charge on any atom is 0.119 e. The lowest BCUT2D eigenvalue weighted by atomic mass is 10.1. The number of benzene rings is 1. The Morgan fingerprint density at radius 2 is 2.12 bits per heavy atom. The average Bonchev–Trinajstić information content (AvgIpc) is 2.18. The molecule has 0 aliphatic rings. The van der Waals surface area contributed by atoms with E-state index in [0.29, 0.717) is 11.5 Å². The molecule has 1 rings (SSSR count). The van der Waals surface area contributed by atoms with Gasteiger partial charge in [-0.1, -0.05) is 15.9 Å². The fourth-order valence-corrected chi connectivity index (χ4v) is 3.52. The highest BCUT2D eigenvalue weighted by molar-refractivity contribution is 9.10. The van der Waals surface area contributed by atoms with Gasteiger partial charge >= 0.3 is 0 Å². The molecule has 96 valence electrons. The van der Waals surface area contributed by atoms with Gasteiger partial charge in [-0.25, -0.2) is 0 Å². The lowest BCUT2D eigenvalue weighted by Gasteiger charge is -2.17. The molecule has 3 nitrogen and oxygen atoms in total. The molecule has 0 aliphatic carbocycles. The number of halogens is 1. The fraction of sp³-hybridized carbons (Fsp3) is 0.500. The highest BCUT2D eigenvalue weighted by atomic mass is 79.9. The summed E-state index contributed by atoms with van der Waals surface area (Å²) in [6.07, 6.45) is 0. The first kappa shape index (κ1) is 14.7. The van der Waals surface area contributed by atoms with Crippen LogP contribution in [0.4, 0.5) is 0 Å². The molecule has 1 aromatic carbocycles.